The van der Waals surface area contributed by atoms with E-state index < -0.39 is 11.0 Å². The van der Waals surface area contributed by atoms with Crippen LogP contribution in [0.25, 0.3) is 0 Å². The van der Waals surface area contributed by atoms with Gasteiger partial charge in [0.25, 0.3) is 0 Å². The van der Waals surface area contributed by atoms with Gasteiger partial charge < -0.3 is 5.11 Å². The van der Waals surface area contributed by atoms with Crippen LogP contribution >= 0.6 is 0 Å². The van der Waals surface area contributed by atoms with E-state index in [0.29, 0.717) is 12.8 Å². The number of hydrogen-bond donors (Lipinski definition) is 1. The highest BCUT2D eigenvalue weighted by Gasteiger charge is 2.58. The van der Waals surface area contributed by atoms with E-state index in [2.05, 4.69) is 32.0 Å². The summed E-state index contributed by atoms with van der Waals surface area (Å²) in [5.41, 5.74) is 1.17. The minimum Gasteiger partial charge on any atom is -0.388 e. The van der Waals surface area contributed by atoms with E-state index in [-0.39, 0.29) is 5.41 Å². The normalized spacial score (nSPS) is 30.8. The Labute approximate surface area is 115 Å². The van der Waals surface area contributed by atoms with E-state index in [1.807, 2.05) is 12.1 Å². The molecule has 1 unspecified atom stereocenters. The monoisotopic (exact) mass is 255 g/mol. The first-order valence-electron chi connectivity index (χ1n) is 7.10. The standard InChI is InChI=1S/C17H21NO/c1-15(2)7-8-17(19,11-15)16(12-18)9-13-5-3-4-6-14(13)10-16/h3-6,19H,7-11H2,1-2H3. The Morgan fingerprint density at radius 3 is 2.11 bits per heavy atom. The second kappa shape index (κ2) is 3.84. The lowest BCUT2D eigenvalue weighted by molar-refractivity contribution is -0.0523. The molecule has 1 saturated carbocycles. The average Bonchev–Trinajstić information content (AvgIpc) is 2.88. The zero-order chi connectivity index (χ0) is 13.7. The minimum absolute atomic E-state index is 0.146. The van der Waals surface area contributed by atoms with Crippen LogP contribution in [0.1, 0.15) is 44.2 Å². The number of nitrogens with zero attached hydrogens (tertiary/aromatic N) is 1. The second-order valence-corrected chi connectivity index (χ2v) is 7.19. The molecule has 1 fully saturated rings. The lowest BCUT2D eigenvalue weighted by Crippen LogP contribution is -2.47. The summed E-state index contributed by atoms with van der Waals surface area (Å²) >= 11 is 0. The Kier molecular flexibility index (Phi) is 2.56. The van der Waals surface area contributed by atoms with Crippen molar-refractivity contribution in [3.63, 3.8) is 0 Å². The summed E-state index contributed by atoms with van der Waals surface area (Å²) in [5, 5.41) is 20.9. The maximum absolute atomic E-state index is 11.1. The highest BCUT2D eigenvalue weighted by molar-refractivity contribution is 5.39. The first kappa shape index (κ1) is 12.7. The summed E-state index contributed by atoms with van der Waals surface area (Å²) in [5.74, 6) is 0. The van der Waals surface area contributed by atoms with Gasteiger partial charge in [0, 0.05) is 0 Å². The summed E-state index contributed by atoms with van der Waals surface area (Å²) in [6.07, 6.45) is 3.89. The zero-order valence-electron chi connectivity index (χ0n) is 11.7. The van der Waals surface area contributed by atoms with Crippen LogP contribution in [-0.4, -0.2) is 10.7 Å². The van der Waals surface area contributed by atoms with Crippen molar-refractivity contribution >= 4 is 0 Å². The molecule has 19 heavy (non-hydrogen) atoms. The summed E-state index contributed by atoms with van der Waals surface area (Å²) in [7, 11) is 0. The number of hydrogen-bond acceptors (Lipinski definition) is 2. The van der Waals surface area contributed by atoms with Crippen LogP contribution in [0.15, 0.2) is 24.3 Å². The van der Waals surface area contributed by atoms with Crippen LogP contribution in [-0.2, 0) is 12.8 Å². The molecule has 1 N–H and O–H groups in total. The molecule has 100 valence electrons. The number of rotatable bonds is 1. The van der Waals surface area contributed by atoms with Crippen LogP contribution in [0, 0.1) is 22.2 Å². The van der Waals surface area contributed by atoms with Gasteiger partial charge >= 0.3 is 0 Å². The molecular weight excluding hydrogens is 234 g/mol. The number of benzene rings is 1. The summed E-state index contributed by atoms with van der Waals surface area (Å²) < 4.78 is 0. The molecule has 2 nitrogen and oxygen atoms in total. The van der Waals surface area contributed by atoms with Gasteiger partial charge in [-0.1, -0.05) is 38.1 Å². The third-order valence-corrected chi connectivity index (χ3v) is 5.19. The van der Waals surface area contributed by atoms with Crippen molar-refractivity contribution in [3.05, 3.63) is 35.4 Å². The summed E-state index contributed by atoms with van der Waals surface area (Å²) in [4.78, 5) is 0. The Morgan fingerprint density at radius 1 is 1.11 bits per heavy atom. The van der Waals surface area contributed by atoms with Gasteiger partial charge in [-0.15, -0.1) is 0 Å². The molecule has 0 aliphatic heterocycles. The van der Waals surface area contributed by atoms with E-state index in [1.54, 1.807) is 0 Å². The topological polar surface area (TPSA) is 44.0 Å². The third kappa shape index (κ3) is 1.80. The predicted molar refractivity (Wildman–Crippen MR) is 74.5 cm³/mol. The van der Waals surface area contributed by atoms with Gasteiger partial charge in [0.2, 0.25) is 0 Å². The molecule has 0 radical (unpaired) electrons. The molecule has 3 rings (SSSR count). The largest absolute Gasteiger partial charge is 0.388 e. The molecule has 0 heterocycles. The van der Waals surface area contributed by atoms with Gasteiger partial charge in [0.1, 0.15) is 0 Å². The first-order chi connectivity index (χ1) is 8.90. The fourth-order valence-electron chi connectivity index (χ4n) is 4.05. The van der Waals surface area contributed by atoms with Crippen molar-refractivity contribution in [2.45, 2.75) is 51.6 Å². The highest BCUT2D eigenvalue weighted by atomic mass is 16.3. The van der Waals surface area contributed by atoms with E-state index in [4.69, 9.17) is 0 Å². The minimum atomic E-state index is -0.829. The first-order valence-corrected chi connectivity index (χ1v) is 7.10. The van der Waals surface area contributed by atoms with Gasteiger partial charge in [-0.3, -0.25) is 0 Å². The third-order valence-electron chi connectivity index (χ3n) is 5.19. The van der Waals surface area contributed by atoms with E-state index in [0.717, 1.165) is 19.3 Å². The highest BCUT2D eigenvalue weighted by Crippen LogP contribution is 2.56. The quantitative estimate of drug-likeness (QED) is 0.837. The molecule has 0 aromatic heterocycles. The van der Waals surface area contributed by atoms with Gasteiger partial charge in [-0.2, -0.15) is 5.26 Å². The lowest BCUT2D eigenvalue weighted by Gasteiger charge is -2.38. The van der Waals surface area contributed by atoms with Crippen molar-refractivity contribution in [2.24, 2.45) is 10.8 Å². The van der Waals surface area contributed by atoms with Crippen molar-refractivity contribution in [2.75, 3.05) is 0 Å². The Balaban J connectivity index is 1.98. The van der Waals surface area contributed by atoms with Gasteiger partial charge in [-0.25, -0.2) is 0 Å². The molecule has 1 aromatic carbocycles. The molecule has 0 bridgehead atoms. The molecular formula is C17H21NO. The average molecular weight is 255 g/mol. The molecule has 2 aliphatic rings. The molecule has 1 aromatic rings. The molecule has 0 saturated heterocycles. The maximum atomic E-state index is 11.1. The van der Waals surface area contributed by atoms with Gasteiger partial charge in [0.05, 0.1) is 17.1 Å². The Bertz CT molecular complexity index is 530. The van der Waals surface area contributed by atoms with Crippen LogP contribution in [0.3, 0.4) is 0 Å². The molecule has 1 atom stereocenters. The van der Waals surface area contributed by atoms with Crippen molar-refractivity contribution in [1.29, 1.82) is 5.26 Å². The van der Waals surface area contributed by atoms with Gasteiger partial charge in [0.15, 0.2) is 0 Å². The van der Waals surface area contributed by atoms with E-state index in [9.17, 15) is 10.4 Å². The van der Waals surface area contributed by atoms with E-state index >= 15 is 0 Å². The zero-order valence-corrected chi connectivity index (χ0v) is 11.7. The van der Waals surface area contributed by atoms with Crippen molar-refractivity contribution in [3.8, 4) is 6.07 Å². The summed E-state index contributed by atoms with van der Waals surface area (Å²) in [6.45, 7) is 4.39. The number of aliphatic hydroxyl groups is 1. The van der Waals surface area contributed by atoms with Crippen LogP contribution < -0.4 is 0 Å². The Morgan fingerprint density at radius 2 is 1.68 bits per heavy atom. The van der Waals surface area contributed by atoms with Gasteiger partial charge in [-0.05, 0) is 48.6 Å². The summed E-state index contributed by atoms with van der Waals surface area (Å²) in [6, 6.07) is 10.7. The number of fused-ring (bicyclic) bond motifs is 1. The predicted octanol–water partition coefficient (Wildman–Crippen LogP) is 3.24. The molecule has 0 spiro atoms. The Hall–Kier alpha value is -1.33. The fraction of sp³-hybridized carbons (Fsp3) is 0.588. The van der Waals surface area contributed by atoms with Crippen LogP contribution in [0.5, 0.6) is 0 Å². The molecule has 0 amide bonds. The maximum Gasteiger partial charge on any atom is 0.0940 e. The molecule has 2 aliphatic carbocycles. The SMILES string of the molecule is CC1(C)CCC(O)(C2(C#N)Cc3ccccc3C2)C1. The van der Waals surface area contributed by atoms with Crippen LogP contribution in [0.4, 0.5) is 0 Å². The smallest absolute Gasteiger partial charge is 0.0940 e. The van der Waals surface area contributed by atoms with Crippen molar-refractivity contribution < 1.29 is 5.11 Å². The van der Waals surface area contributed by atoms with Crippen molar-refractivity contribution in [1.82, 2.24) is 0 Å². The molecule has 2 heteroatoms. The number of nitriles is 1. The lowest BCUT2D eigenvalue weighted by atomic mass is 9.68. The van der Waals surface area contributed by atoms with E-state index in [1.165, 1.54) is 11.1 Å². The fourth-order valence-corrected chi connectivity index (χ4v) is 4.05. The van der Waals surface area contributed by atoms with Crippen LogP contribution in [0.2, 0.25) is 0 Å². The second-order valence-electron chi connectivity index (χ2n) is 7.19.